The van der Waals surface area contributed by atoms with Crippen molar-refractivity contribution in [2.45, 2.75) is 31.7 Å². The highest BCUT2D eigenvalue weighted by molar-refractivity contribution is 7.13. The maximum absolute atomic E-state index is 12.7. The zero-order valence-electron chi connectivity index (χ0n) is 13.9. The van der Waals surface area contributed by atoms with Crippen LogP contribution in [-0.4, -0.2) is 38.6 Å². The number of carbonyl (C=O) groups is 1. The van der Waals surface area contributed by atoms with Gasteiger partial charge in [0.25, 0.3) is 5.91 Å². The van der Waals surface area contributed by atoms with Crippen molar-refractivity contribution in [3.05, 3.63) is 47.1 Å². The van der Waals surface area contributed by atoms with Crippen molar-refractivity contribution in [2.75, 3.05) is 13.1 Å². The molecule has 1 atom stereocenters. The Hall–Kier alpha value is -2.41. The summed E-state index contributed by atoms with van der Waals surface area (Å²) in [6, 6.07) is 5.91. The second-order valence-corrected chi connectivity index (χ2v) is 7.87. The van der Waals surface area contributed by atoms with E-state index < -0.39 is 0 Å². The van der Waals surface area contributed by atoms with E-state index in [2.05, 4.69) is 27.2 Å². The molecule has 1 spiro atoms. The Bertz CT molecular complexity index is 942. The number of amides is 1. The van der Waals surface area contributed by atoms with E-state index >= 15 is 0 Å². The molecule has 7 heteroatoms. The van der Waals surface area contributed by atoms with Gasteiger partial charge in [0.05, 0.1) is 16.8 Å². The number of carbonyl (C=O) groups excluding carboxylic acids is 1. The van der Waals surface area contributed by atoms with Crippen LogP contribution in [0.4, 0.5) is 0 Å². The number of nitrogens with zero attached hydrogens (tertiary/aromatic N) is 4. The summed E-state index contributed by atoms with van der Waals surface area (Å²) >= 11 is 1.74. The molecule has 25 heavy (non-hydrogen) atoms. The molecule has 0 aliphatic carbocycles. The first-order valence-corrected chi connectivity index (χ1v) is 9.37. The molecule has 0 radical (unpaired) electrons. The van der Waals surface area contributed by atoms with E-state index in [-0.39, 0.29) is 11.3 Å². The average molecular weight is 354 g/mol. The van der Waals surface area contributed by atoms with Crippen molar-refractivity contribution in [3.63, 3.8) is 0 Å². The fourth-order valence-corrected chi connectivity index (χ4v) is 4.89. The number of hydrogen-bond acceptors (Lipinski definition) is 5. The SMILES string of the molecule is Cc1cc(C(=O)N2CC[C@]3(CCn4c(-c5cccs5)cnc43)C2)no1. The summed E-state index contributed by atoms with van der Waals surface area (Å²) in [7, 11) is 0. The van der Waals surface area contributed by atoms with Crippen LogP contribution in [0.5, 0.6) is 0 Å². The first-order chi connectivity index (χ1) is 12.2. The summed E-state index contributed by atoms with van der Waals surface area (Å²) in [4.78, 5) is 20.6. The highest BCUT2D eigenvalue weighted by Crippen LogP contribution is 2.44. The summed E-state index contributed by atoms with van der Waals surface area (Å²) in [6.45, 7) is 4.22. The van der Waals surface area contributed by atoms with Crippen LogP contribution in [0.25, 0.3) is 10.6 Å². The minimum atomic E-state index is -0.0442. The van der Waals surface area contributed by atoms with Gasteiger partial charge in [-0.3, -0.25) is 4.79 Å². The fraction of sp³-hybridized carbons (Fsp3) is 0.389. The van der Waals surface area contributed by atoms with Gasteiger partial charge in [0.1, 0.15) is 11.6 Å². The number of aryl methyl sites for hydroxylation is 1. The summed E-state index contributed by atoms with van der Waals surface area (Å²) in [5, 5.41) is 5.96. The van der Waals surface area contributed by atoms with Crippen molar-refractivity contribution < 1.29 is 9.32 Å². The first kappa shape index (κ1) is 14.9. The Morgan fingerprint density at radius 3 is 3.00 bits per heavy atom. The highest BCUT2D eigenvalue weighted by atomic mass is 32.1. The molecule has 0 unspecified atom stereocenters. The lowest BCUT2D eigenvalue weighted by molar-refractivity contribution is 0.0772. The van der Waals surface area contributed by atoms with Crippen LogP contribution >= 0.6 is 11.3 Å². The van der Waals surface area contributed by atoms with Gasteiger partial charge in [-0.1, -0.05) is 11.2 Å². The molecule has 3 aromatic heterocycles. The van der Waals surface area contributed by atoms with Crippen molar-refractivity contribution in [3.8, 4) is 10.6 Å². The van der Waals surface area contributed by atoms with Crippen LogP contribution in [0.15, 0.2) is 34.3 Å². The zero-order valence-corrected chi connectivity index (χ0v) is 14.8. The Morgan fingerprint density at radius 2 is 2.24 bits per heavy atom. The number of hydrogen-bond donors (Lipinski definition) is 0. The van der Waals surface area contributed by atoms with E-state index in [4.69, 9.17) is 9.51 Å². The van der Waals surface area contributed by atoms with E-state index in [9.17, 15) is 4.79 Å². The second-order valence-electron chi connectivity index (χ2n) is 6.93. The summed E-state index contributed by atoms with van der Waals surface area (Å²) < 4.78 is 7.38. The predicted molar refractivity (Wildman–Crippen MR) is 93.6 cm³/mol. The Balaban J connectivity index is 1.43. The molecule has 6 nitrogen and oxygen atoms in total. The molecule has 2 aliphatic heterocycles. The fourth-order valence-electron chi connectivity index (χ4n) is 4.15. The molecule has 5 heterocycles. The van der Waals surface area contributed by atoms with Gasteiger partial charge in [0.2, 0.25) is 0 Å². The van der Waals surface area contributed by atoms with Gasteiger partial charge in [0.15, 0.2) is 5.69 Å². The van der Waals surface area contributed by atoms with Gasteiger partial charge in [-0.05, 0) is 31.2 Å². The molecule has 2 aliphatic rings. The maximum Gasteiger partial charge on any atom is 0.276 e. The van der Waals surface area contributed by atoms with Gasteiger partial charge in [-0.25, -0.2) is 4.98 Å². The topological polar surface area (TPSA) is 64.2 Å². The summed E-state index contributed by atoms with van der Waals surface area (Å²) in [6.07, 6.45) is 3.97. The van der Waals surface area contributed by atoms with Crippen LogP contribution in [0, 0.1) is 6.92 Å². The number of imidazole rings is 1. The van der Waals surface area contributed by atoms with E-state index in [1.807, 2.05) is 11.1 Å². The molecular weight excluding hydrogens is 336 g/mol. The van der Waals surface area contributed by atoms with Gasteiger partial charge in [-0.2, -0.15) is 0 Å². The number of thiophene rings is 1. The highest BCUT2D eigenvalue weighted by Gasteiger charge is 2.48. The molecule has 128 valence electrons. The molecule has 0 N–H and O–H groups in total. The molecule has 0 saturated carbocycles. The largest absolute Gasteiger partial charge is 0.361 e. The van der Waals surface area contributed by atoms with Crippen LogP contribution in [0.3, 0.4) is 0 Å². The predicted octanol–water partition coefficient (Wildman–Crippen LogP) is 3.10. The zero-order chi connectivity index (χ0) is 17.0. The van der Waals surface area contributed by atoms with Gasteiger partial charge < -0.3 is 14.0 Å². The Labute approximate surface area is 149 Å². The van der Waals surface area contributed by atoms with Crippen molar-refractivity contribution >= 4 is 17.2 Å². The molecular formula is C18H18N4O2S. The molecule has 0 aromatic carbocycles. The van der Waals surface area contributed by atoms with Crippen molar-refractivity contribution in [1.82, 2.24) is 19.6 Å². The minimum absolute atomic E-state index is 0.0239. The smallest absolute Gasteiger partial charge is 0.276 e. The number of rotatable bonds is 2. The van der Waals surface area contributed by atoms with Gasteiger partial charge in [0, 0.05) is 31.1 Å². The molecule has 0 bridgehead atoms. The van der Waals surface area contributed by atoms with Gasteiger partial charge >= 0.3 is 0 Å². The van der Waals surface area contributed by atoms with Crippen LogP contribution in [0.2, 0.25) is 0 Å². The lowest BCUT2D eigenvalue weighted by Gasteiger charge is -2.22. The molecule has 5 rings (SSSR count). The third-order valence-corrected chi connectivity index (χ3v) is 6.30. The summed E-state index contributed by atoms with van der Waals surface area (Å²) in [5.74, 6) is 1.74. The van der Waals surface area contributed by atoms with Crippen LogP contribution in [0.1, 0.15) is 34.9 Å². The van der Waals surface area contributed by atoms with Crippen molar-refractivity contribution in [1.29, 1.82) is 0 Å². The lowest BCUT2D eigenvalue weighted by Crippen LogP contribution is -2.33. The number of aromatic nitrogens is 3. The average Bonchev–Trinajstić information content (AvgIpc) is 3.39. The number of fused-ring (bicyclic) bond motifs is 2. The van der Waals surface area contributed by atoms with Crippen molar-refractivity contribution in [2.24, 2.45) is 0 Å². The van der Waals surface area contributed by atoms with Crippen LogP contribution in [-0.2, 0) is 12.0 Å². The second kappa shape index (κ2) is 5.29. The maximum atomic E-state index is 12.7. The lowest BCUT2D eigenvalue weighted by atomic mass is 9.85. The molecule has 1 amide bonds. The summed E-state index contributed by atoms with van der Waals surface area (Å²) in [5.41, 5.74) is 1.57. The monoisotopic (exact) mass is 354 g/mol. The van der Waals surface area contributed by atoms with Gasteiger partial charge in [-0.15, -0.1) is 11.3 Å². The minimum Gasteiger partial charge on any atom is -0.361 e. The van der Waals surface area contributed by atoms with E-state index in [0.29, 0.717) is 18.0 Å². The third-order valence-electron chi connectivity index (χ3n) is 5.41. The molecule has 1 saturated heterocycles. The van der Waals surface area contributed by atoms with E-state index in [0.717, 1.165) is 31.8 Å². The Kier molecular flexibility index (Phi) is 3.15. The number of likely N-dealkylation sites (tertiary alicyclic amines) is 1. The first-order valence-electron chi connectivity index (χ1n) is 8.49. The normalized spacial score (nSPS) is 22.0. The van der Waals surface area contributed by atoms with E-state index in [1.165, 1.54) is 10.6 Å². The third kappa shape index (κ3) is 2.18. The molecule has 1 fully saturated rings. The quantitative estimate of drug-likeness (QED) is 0.709. The van der Waals surface area contributed by atoms with Crippen LogP contribution < -0.4 is 0 Å². The standard InChI is InChI=1S/C18H18N4O2S/c1-12-9-13(20-24-12)16(23)21-6-4-18(11-21)5-7-22-14(10-19-17(18)22)15-3-2-8-25-15/h2-3,8-10H,4-7,11H2,1H3/t18-/m0/s1. The molecule has 3 aromatic rings. The Morgan fingerprint density at radius 1 is 1.36 bits per heavy atom. The van der Waals surface area contributed by atoms with E-state index in [1.54, 1.807) is 24.3 Å².